The van der Waals surface area contributed by atoms with Gasteiger partial charge in [0.25, 0.3) is 0 Å². The Morgan fingerprint density at radius 2 is 2.21 bits per heavy atom. The number of ether oxygens (including phenoxy) is 3. The summed E-state index contributed by atoms with van der Waals surface area (Å²) in [6, 6.07) is 7.83. The fourth-order valence-electron chi connectivity index (χ4n) is 3.45. The highest BCUT2D eigenvalue weighted by Gasteiger charge is 2.21. The molecule has 4 rings (SSSR count). The molecule has 2 aliphatic rings. The molecular formula is C18H23N3O3. The molecule has 1 fully saturated rings. The lowest BCUT2D eigenvalue weighted by atomic mass is 9.95. The number of benzene rings is 1. The Kier molecular flexibility index (Phi) is 4.55. The molecule has 0 spiro atoms. The normalized spacial score (nSPS) is 20.2. The molecule has 1 atom stereocenters. The molecule has 128 valence electrons. The van der Waals surface area contributed by atoms with Gasteiger partial charge in [-0.2, -0.15) is 5.10 Å². The third kappa shape index (κ3) is 3.48. The number of rotatable bonds is 6. The van der Waals surface area contributed by atoms with Gasteiger partial charge in [0.15, 0.2) is 11.5 Å². The molecule has 0 bridgehead atoms. The van der Waals surface area contributed by atoms with Crippen molar-refractivity contribution in [3.05, 3.63) is 36.2 Å². The van der Waals surface area contributed by atoms with Gasteiger partial charge < -0.3 is 19.1 Å². The molecule has 0 radical (unpaired) electrons. The van der Waals surface area contributed by atoms with Crippen LogP contribution in [0.3, 0.4) is 0 Å². The molecule has 2 aliphatic heterocycles. The summed E-state index contributed by atoms with van der Waals surface area (Å²) in [4.78, 5) is 2.53. The number of aromatic nitrogens is 2. The first-order chi connectivity index (χ1) is 11.9. The summed E-state index contributed by atoms with van der Waals surface area (Å²) in [6.45, 7) is 4.35. The summed E-state index contributed by atoms with van der Waals surface area (Å²) >= 11 is 0. The molecule has 1 aromatic carbocycles. The van der Waals surface area contributed by atoms with Crippen LogP contribution in [0.1, 0.15) is 30.9 Å². The molecule has 1 aromatic heterocycles. The second-order valence-corrected chi connectivity index (χ2v) is 6.37. The van der Waals surface area contributed by atoms with Gasteiger partial charge in [-0.3, -0.25) is 5.10 Å². The van der Waals surface area contributed by atoms with Gasteiger partial charge in [0.2, 0.25) is 6.79 Å². The van der Waals surface area contributed by atoms with Crippen LogP contribution < -0.4 is 14.2 Å². The summed E-state index contributed by atoms with van der Waals surface area (Å²) in [5, 5.41) is 7.19. The van der Waals surface area contributed by atoms with Gasteiger partial charge in [-0.15, -0.1) is 0 Å². The van der Waals surface area contributed by atoms with Crippen molar-refractivity contribution < 1.29 is 14.2 Å². The number of nitrogens with one attached hydrogen (secondary N) is 1. The van der Waals surface area contributed by atoms with Gasteiger partial charge >= 0.3 is 0 Å². The Bertz CT molecular complexity index is 660. The van der Waals surface area contributed by atoms with Crippen molar-refractivity contribution in [1.82, 2.24) is 15.1 Å². The van der Waals surface area contributed by atoms with E-state index in [0.717, 1.165) is 36.8 Å². The van der Waals surface area contributed by atoms with Gasteiger partial charge in [0.05, 0.1) is 6.61 Å². The van der Waals surface area contributed by atoms with E-state index < -0.39 is 0 Å². The minimum absolute atomic E-state index is 0.297. The number of hydrogen-bond acceptors (Lipinski definition) is 5. The average Bonchev–Trinajstić information content (AvgIpc) is 3.30. The number of piperidine rings is 1. The van der Waals surface area contributed by atoms with Crippen LogP contribution in [0.25, 0.3) is 0 Å². The molecule has 2 aromatic rings. The van der Waals surface area contributed by atoms with E-state index in [0.29, 0.717) is 19.3 Å². The predicted molar refractivity (Wildman–Crippen MR) is 89.7 cm³/mol. The maximum Gasteiger partial charge on any atom is 0.231 e. The van der Waals surface area contributed by atoms with Crippen molar-refractivity contribution in [2.24, 2.45) is 0 Å². The molecule has 3 heterocycles. The summed E-state index contributed by atoms with van der Waals surface area (Å²) in [5.41, 5.74) is 1.26. The quantitative estimate of drug-likeness (QED) is 0.826. The zero-order valence-corrected chi connectivity index (χ0v) is 13.7. The number of nitrogens with zero attached hydrogens (tertiary/aromatic N) is 2. The lowest BCUT2D eigenvalue weighted by Crippen LogP contribution is -2.35. The highest BCUT2D eigenvalue weighted by molar-refractivity contribution is 5.46. The first-order valence-corrected chi connectivity index (χ1v) is 8.62. The summed E-state index contributed by atoms with van der Waals surface area (Å²) in [7, 11) is 0. The van der Waals surface area contributed by atoms with Crippen LogP contribution >= 0.6 is 0 Å². The summed E-state index contributed by atoms with van der Waals surface area (Å²) in [5.74, 6) is 2.98. The van der Waals surface area contributed by atoms with Crippen LogP contribution in [0, 0.1) is 0 Å². The van der Waals surface area contributed by atoms with Crippen LogP contribution in [0.2, 0.25) is 0 Å². The SMILES string of the molecule is c1cc(C2CCCN(CCCOc3ccc4c(c3)OCO4)C2)[nH]n1. The molecule has 0 amide bonds. The first-order valence-electron chi connectivity index (χ1n) is 8.62. The largest absolute Gasteiger partial charge is 0.493 e. The third-order valence-electron chi connectivity index (χ3n) is 4.70. The van der Waals surface area contributed by atoms with Crippen molar-refractivity contribution in [3.63, 3.8) is 0 Å². The maximum atomic E-state index is 5.84. The van der Waals surface area contributed by atoms with Crippen molar-refractivity contribution >= 4 is 0 Å². The van der Waals surface area contributed by atoms with Gasteiger partial charge in [0, 0.05) is 37.0 Å². The fraction of sp³-hybridized carbons (Fsp3) is 0.500. The van der Waals surface area contributed by atoms with Gasteiger partial charge in [-0.25, -0.2) is 0 Å². The molecule has 0 aliphatic carbocycles. The van der Waals surface area contributed by atoms with E-state index in [1.54, 1.807) is 0 Å². The second kappa shape index (κ2) is 7.13. The van der Waals surface area contributed by atoms with Crippen molar-refractivity contribution in [2.45, 2.75) is 25.2 Å². The molecule has 0 saturated carbocycles. The van der Waals surface area contributed by atoms with Crippen LogP contribution in [0.5, 0.6) is 17.2 Å². The first kappa shape index (κ1) is 15.3. The van der Waals surface area contributed by atoms with E-state index in [9.17, 15) is 0 Å². The number of aromatic amines is 1. The number of fused-ring (bicyclic) bond motifs is 1. The minimum Gasteiger partial charge on any atom is -0.493 e. The average molecular weight is 329 g/mol. The molecule has 1 unspecified atom stereocenters. The Balaban J connectivity index is 1.21. The Morgan fingerprint density at radius 3 is 3.12 bits per heavy atom. The monoisotopic (exact) mass is 329 g/mol. The zero-order chi connectivity index (χ0) is 16.2. The Hall–Kier alpha value is -2.21. The van der Waals surface area contributed by atoms with Crippen LogP contribution in [0.4, 0.5) is 0 Å². The van der Waals surface area contributed by atoms with E-state index >= 15 is 0 Å². The number of hydrogen-bond donors (Lipinski definition) is 1. The van der Waals surface area contributed by atoms with Crippen molar-refractivity contribution in [3.8, 4) is 17.2 Å². The molecule has 1 saturated heterocycles. The number of likely N-dealkylation sites (tertiary alicyclic amines) is 1. The fourth-order valence-corrected chi connectivity index (χ4v) is 3.45. The number of H-pyrrole nitrogens is 1. The molecule has 6 nitrogen and oxygen atoms in total. The van der Waals surface area contributed by atoms with Gasteiger partial charge in [0.1, 0.15) is 5.75 Å². The molecule has 24 heavy (non-hydrogen) atoms. The van der Waals surface area contributed by atoms with E-state index in [1.165, 1.54) is 25.1 Å². The molecule has 1 N–H and O–H groups in total. The second-order valence-electron chi connectivity index (χ2n) is 6.37. The van der Waals surface area contributed by atoms with Crippen LogP contribution in [-0.4, -0.2) is 48.1 Å². The van der Waals surface area contributed by atoms with Gasteiger partial charge in [-0.1, -0.05) is 0 Å². The van der Waals surface area contributed by atoms with E-state index in [-0.39, 0.29) is 0 Å². The summed E-state index contributed by atoms with van der Waals surface area (Å²) < 4.78 is 16.5. The lowest BCUT2D eigenvalue weighted by Gasteiger charge is -2.32. The standard InChI is InChI=1S/C18H23N3O3/c1-3-14(16-6-7-19-20-16)12-21(8-1)9-2-10-22-15-4-5-17-18(11-15)24-13-23-17/h4-7,11,14H,1-3,8-10,12-13H2,(H,19,20). The van der Waals surface area contributed by atoms with Crippen LogP contribution in [0.15, 0.2) is 30.5 Å². The Morgan fingerprint density at radius 1 is 1.25 bits per heavy atom. The third-order valence-corrected chi connectivity index (χ3v) is 4.70. The minimum atomic E-state index is 0.297. The zero-order valence-electron chi connectivity index (χ0n) is 13.7. The Labute approximate surface area is 141 Å². The lowest BCUT2D eigenvalue weighted by molar-refractivity contribution is 0.173. The van der Waals surface area contributed by atoms with E-state index in [2.05, 4.69) is 21.2 Å². The summed E-state index contributed by atoms with van der Waals surface area (Å²) in [6.07, 6.45) is 5.34. The van der Waals surface area contributed by atoms with Crippen LogP contribution in [-0.2, 0) is 0 Å². The highest BCUT2D eigenvalue weighted by atomic mass is 16.7. The predicted octanol–water partition coefficient (Wildman–Crippen LogP) is 2.79. The highest BCUT2D eigenvalue weighted by Crippen LogP contribution is 2.35. The molecule has 6 heteroatoms. The topological polar surface area (TPSA) is 59.6 Å². The van der Waals surface area contributed by atoms with Gasteiger partial charge in [-0.05, 0) is 44.0 Å². The van der Waals surface area contributed by atoms with E-state index in [4.69, 9.17) is 14.2 Å². The maximum absolute atomic E-state index is 5.84. The van der Waals surface area contributed by atoms with Crippen molar-refractivity contribution in [2.75, 3.05) is 33.0 Å². The molecular weight excluding hydrogens is 306 g/mol. The van der Waals surface area contributed by atoms with E-state index in [1.807, 2.05) is 24.4 Å². The van der Waals surface area contributed by atoms with Crippen molar-refractivity contribution in [1.29, 1.82) is 0 Å². The smallest absolute Gasteiger partial charge is 0.231 e.